The lowest BCUT2D eigenvalue weighted by atomic mass is 10.1. The van der Waals surface area contributed by atoms with Gasteiger partial charge in [0.05, 0.1) is 0 Å². The van der Waals surface area contributed by atoms with Crippen LogP contribution in [0.1, 0.15) is 5.56 Å². The molecule has 2 heteroatoms. The molecule has 3 aromatic carbocycles. The predicted molar refractivity (Wildman–Crippen MR) is 82.8 cm³/mol. The first-order valence-corrected chi connectivity index (χ1v) is 6.35. The maximum Gasteiger partial charge on any atom is 0.0463 e. The summed E-state index contributed by atoms with van der Waals surface area (Å²) in [6.45, 7) is 2.02. The largest absolute Gasteiger partial charge is 0.399 e. The molecule has 3 rings (SSSR count). The highest BCUT2D eigenvalue weighted by molar-refractivity contribution is 5.95. The van der Waals surface area contributed by atoms with E-state index in [2.05, 4.69) is 53.8 Å². The Morgan fingerprint density at radius 1 is 0.895 bits per heavy atom. The van der Waals surface area contributed by atoms with Gasteiger partial charge in [0.2, 0.25) is 0 Å². The Hall–Kier alpha value is -2.48. The van der Waals surface area contributed by atoms with Crippen LogP contribution in [0.5, 0.6) is 0 Å². The summed E-state index contributed by atoms with van der Waals surface area (Å²) < 4.78 is 0. The minimum Gasteiger partial charge on any atom is -0.399 e. The zero-order chi connectivity index (χ0) is 13.2. The average molecular weight is 248 g/mol. The fourth-order valence-corrected chi connectivity index (χ4v) is 2.24. The van der Waals surface area contributed by atoms with Crippen LogP contribution in [0.3, 0.4) is 0 Å². The Morgan fingerprint density at radius 2 is 1.68 bits per heavy atom. The number of fused-ring (bicyclic) bond motifs is 1. The number of hydrogen-bond acceptors (Lipinski definition) is 2. The van der Waals surface area contributed by atoms with Crippen molar-refractivity contribution in [3.63, 3.8) is 0 Å². The topological polar surface area (TPSA) is 38.0 Å². The van der Waals surface area contributed by atoms with Crippen molar-refractivity contribution in [2.45, 2.75) is 6.92 Å². The molecule has 0 heterocycles. The van der Waals surface area contributed by atoms with E-state index in [1.807, 2.05) is 19.1 Å². The molecule has 0 atom stereocenters. The Balaban J connectivity index is 2.03. The monoisotopic (exact) mass is 248 g/mol. The summed E-state index contributed by atoms with van der Waals surface area (Å²) in [6.07, 6.45) is 0. The summed E-state index contributed by atoms with van der Waals surface area (Å²) >= 11 is 0. The molecule has 19 heavy (non-hydrogen) atoms. The third-order valence-corrected chi connectivity index (χ3v) is 3.34. The first-order valence-electron chi connectivity index (χ1n) is 6.35. The van der Waals surface area contributed by atoms with Crippen molar-refractivity contribution in [2.24, 2.45) is 0 Å². The molecule has 0 fully saturated rings. The quantitative estimate of drug-likeness (QED) is 0.656. The van der Waals surface area contributed by atoms with Crippen LogP contribution in [0.15, 0.2) is 60.7 Å². The van der Waals surface area contributed by atoms with Gasteiger partial charge in [-0.3, -0.25) is 0 Å². The zero-order valence-electron chi connectivity index (χ0n) is 10.9. The second-order valence-electron chi connectivity index (χ2n) is 4.72. The number of benzene rings is 3. The fourth-order valence-electron chi connectivity index (χ4n) is 2.24. The lowest BCUT2D eigenvalue weighted by Crippen LogP contribution is -1.94. The normalized spacial score (nSPS) is 10.6. The standard InChI is InChI=1S/C17H16N2/c1-12-11-14(9-10-16(12)18)19-17-8-4-6-13-5-2-3-7-15(13)17/h2-11,19H,18H2,1H3. The van der Waals surface area contributed by atoms with Gasteiger partial charge in [-0.05, 0) is 42.1 Å². The van der Waals surface area contributed by atoms with Gasteiger partial charge in [-0.15, -0.1) is 0 Å². The molecule has 0 spiro atoms. The molecule has 0 aliphatic heterocycles. The van der Waals surface area contributed by atoms with Gasteiger partial charge >= 0.3 is 0 Å². The lowest BCUT2D eigenvalue weighted by Gasteiger charge is -2.11. The van der Waals surface area contributed by atoms with Crippen LogP contribution in [-0.2, 0) is 0 Å². The highest BCUT2D eigenvalue weighted by atomic mass is 14.9. The summed E-state index contributed by atoms with van der Waals surface area (Å²) in [5.74, 6) is 0. The Kier molecular flexibility index (Phi) is 2.84. The van der Waals surface area contributed by atoms with E-state index in [0.29, 0.717) is 0 Å². The molecule has 2 nitrogen and oxygen atoms in total. The van der Waals surface area contributed by atoms with E-state index < -0.39 is 0 Å². The van der Waals surface area contributed by atoms with E-state index in [-0.39, 0.29) is 0 Å². The number of rotatable bonds is 2. The van der Waals surface area contributed by atoms with Crippen molar-refractivity contribution < 1.29 is 0 Å². The average Bonchev–Trinajstić information content (AvgIpc) is 2.43. The number of hydrogen-bond donors (Lipinski definition) is 2. The summed E-state index contributed by atoms with van der Waals surface area (Å²) in [7, 11) is 0. The second kappa shape index (κ2) is 4.65. The number of nitrogen functional groups attached to an aromatic ring is 1. The molecule has 3 N–H and O–H groups in total. The SMILES string of the molecule is Cc1cc(Nc2cccc3ccccc23)ccc1N. The first-order chi connectivity index (χ1) is 9.24. The molecule has 0 bridgehead atoms. The van der Waals surface area contributed by atoms with E-state index in [1.165, 1.54) is 10.8 Å². The van der Waals surface area contributed by atoms with Crippen molar-refractivity contribution in [2.75, 3.05) is 11.1 Å². The fraction of sp³-hybridized carbons (Fsp3) is 0.0588. The predicted octanol–water partition coefficient (Wildman–Crippen LogP) is 4.47. The second-order valence-corrected chi connectivity index (χ2v) is 4.72. The molecule has 0 aromatic heterocycles. The lowest BCUT2D eigenvalue weighted by molar-refractivity contribution is 1.45. The summed E-state index contributed by atoms with van der Waals surface area (Å²) in [4.78, 5) is 0. The maximum atomic E-state index is 5.84. The number of aryl methyl sites for hydroxylation is 1. The smallest absolute Gasteiger partial charge is 0.0463 e. The molecule has 0 radical (unpaired) electrons. The summed E-state index contributed by atoms with van der Waals surface area (Å²) in [5, 5.41) is 5.92. The molecule has 3 aromatic rings. The molecule has 0 amide bonds. The van der Waals surface area contributed by atoms with Crippen LogP contribution in [0.25, 0.3) is 10.8 Å². The van der Waals surface area contributed by atoms with Crippen molar-refractivity contribution in [3.05, 3.63) is 66.2 Å². The third kappa shape index (κ3) is 2.25. The van der Waals surface area contributed by atoms with Crippen LogP contribution in [-0.4, -0.2) is 0 Å². The van der Waals surface area contributed by atoms with Gasteiger partial charge in [-0.25, -0.2) is 0 Å². The third-order valence-electron chi connectivity index (χ3n) is 3.34. The van der Waals surface area contributed by atoms with Crippen LogP contribution >= 0.6 is 0 Å². The van der Waals surface area contributed by atoms with Crippen LogP contribution in [0, 0.1) is 6.92 Å². The molecule has 0 aliphatic rings. The van der Waals surface area contributed by atoms with Crippen molar-refractivity contribution in [1.82, 2.24) is 0 Å². The molecular formula is C17H16N2. The van der Waals surface area contributed by atoms with E-state index in [9.17, 15) is 0 Å². The van der Waals surface area contributed by atoms with E-state index >= 15 is 0 Å². The van der Waals surface area contributed by atoms with Crippen LogP contribution in [0.4, 0.5) is 17.1 Å². The maximum absolute atomic E-state index is 5.84. The number of nitrogens with two attached hydrogens (primary N) is 1. The zero-order valence-corrected chi connectivity index (χ0v) is 10.9. The van der Waals surface area contributed by atoms with E-state index in [1.54, 1.807) is 0 Å². The van der Waals surface area contributed by atoms with Crippen LogP contribution < -0.4 is 11.1 Å². The molecule has 0 unspecified atom stereocenters. The van der Waals surface area contributed by atoms with E-state index in [0.717, 1.165) is 22.6 Å². The summed E-state index contributed by atoms with van der Waals surface area (Å²) in [6, 6.07) is 20.6. The molecule has 0 saturated heterocycles. The van der Waals surface area contributed by atoms with Crippen molar-refractivity contribution in [1.29, 1.82) is 0 Å². The summed E-state index contributed by atoms with van der Waals surface area (Å²) in [5.41, 5.74) is 9.93. The highest BCUT2D eigenvalue weighted by Gasteiger charge is 2.01. The molecule has 0 aliphatic carbocycles. The van der Waals surface area contributed by atoms with Gasteiger partial charge in [0.1, 0.15) is 0 Å². The number of nitrogens with one attached hydrogen (secondary N) is 1. The molecule has 94 valence electrons. The highest BCUT2D eigenvalue weighted by Crippen LogP contribution is 2.27. The Bertz CT molecular complexity index is 727. The van der Waals surface area contributed by atoms with Crippen molar-refractivity contribution in [3.8, 4) is 0 Å². The minimum atomic E-state index is 0.823. The van der Waals surface area contributed by atoms with Crippen molar-refractivity contribution >= 4 is 27.8 Å². The molecule has 0 saturated carbocycles. The first kappa shape index (κ1) is 11.6. The Labute approximate surface area is 112 Å². The van der Waals surface area contributed by atoms with Gasteiger partial charge in [0.25, 0.3) is 0 Å². The van der Waals surface area contributed by atoms with Gasteiger partial charge in [0.15, 0.2) is 0 Å². The molecular weight excluding hydrogens is 232 g/mol. The van der Waals surface area contributed by atoms with Gasteiger partial charge < -0.3 is 11.1 Å². The van der Waals surface area contributed by atoms with Gasteiger partial charge in [-0.1, -0.05) is 36.4 Å². The number of anilines is 3. The van der Waals surface area contributed by atoms with Gasteiger partial charge in [-0.2, -0.15) is 0 Å². The van der Waals surface area contributed by atoms with E-state index in [4.69, 9.17) is 5.73 Å². The van der Waals surface area contributed by atoms with Gasteiger partial charge in [0, 0.05) is 22.4 Å². The minimum absolute atomic E-state index is 0.823. The van der Waals surface area contributed by atoms with Crippen LogP contribution in [0.2, 0.25) is 0 Å². The Morgan fingerprint density at radius 3 is 2.53 bits per heavy atom.